The van der Waals surface area contributed by atoms with E-state index in [1.165, 1.54) is 0 Å². The zero-order chi connectivity index (χ0) is 18.2. The highest BCUT2D eigenvalue weighted by molar-refractivity contribution is 5.50. The van der Waals surface area contributed by atoms with E-state index >= 15 is 0 Å². The van der Waals surface area contributed by atoms with Gasteiger partial charge in [0.05, 0.1) is 0 Å². The average Bonchev–Trinajstić information content (AvgIpc) is 2.69. The molecule has 0 amide bonds. The minimum absolute atomic E-state index is 0.324. The van der Waals surface area contributed by atoms with Gasteiger partial charge < -0.3 is 4.74 Å². The summed E-state index contributed by atoms with van der Waals surface area (Å²) in [5.74, 6) is 12.9. The van der Waals surface area contributed by atoms with Crippen molar-refractivity contribution >= 4 is 0 Å². The third-order valence-electron chi connectivity index (χ3n) is 3.96. The summed E-state index contributed by atoms with van der Waals surface area (Å²) in [7, 11) is 1.68. The van der Waals surface area contributed by atoms with Gasteiger partial charge in [-0.2, -0.15) is 0 Å². The number of methoxy groups -OCH3 is 1. The second kappa shape index (κ2) is 8.72. The van der Waals surface area contributed by atoms with Crippen LogP contribution in [0.15, 0.2) is 78.9 Å². The highest BCUT2D eigenvalue weighted by Crippen LogP contribution is 2.22. The molecule has 0 N–H and O–H groups in total. The Balaban J connectivity index is 1.96. The molecule has 3 rings (SSSR count). The molecule has 0 saturated heterocycles. The minimum atomic E-state index is -0.324. The second-order valence-electron chi connectivity index (χ2n) is 5.96. The van der Waals surface area contributed by atoms with Crippen molar-refractivity contribution in [2.75, 3.05) is 7.11 Å². The van der Waals surface area contributed by atoms with E-state index < -0.39 is 0 Å². The van der Waals surface area contributed by atoms with Crippen LogP contribution in [0.4, 0.5) is 0 Å². The van der Waals surface area contributed by atoms with E-state index in [0.29, 0.717) is 0 Å². The lowest BCUT2D eigenvalue weighted by molar-refractivity contribution is 0.150. The molecule has 3 aromatic carbocycles. The lowest BCUT2D eigenvalue weighted by Gasteiger charge is -2.12. The monoisotopic (exact) mass is 336 g/mol. The second-order valence-corrected chi connectivity index (χ2v) is 5.96. The third kappa shape index (κ3) is 4.64. The highest BCUT2D eigenvalue weighted by atomic mass is 16.5. The maximum absolute atomic E-state index is 5.66. The van der Waals surface area contributed by atoms with Crippen LogP contribution in [0.5, 0.6) is 0 Å². The Hall–Kier alpha value is -3.26. The molecule has 0 aliphatic heterocycles. The van der Waals surface area contributed by atoms with Crippen LogP contribution in [0.3, 0.4) is 0 Å². The van der Waals surface area contributed by atoms with Gasteiger partial charge in [0.15, 0.2) is 0 Å². The summed E-state index contributed by atoms with van der Waals surface area (Å²) in [5.41, 5.74) is 5.06. The van der Waals surface area contributed by atoms with Crippen molar-refractivity contribution in [2.24, 2.45) is 0 Å². The average molecular weight is 336 g/mol. The van der Waals surface area contributed by atoms with E-state index in [-0.39, 0.29) is 6.10 Å². The van der Waals surface area contributed by atoms with Crippen molar-refractivity contribution in [3.8, 4) is 23.7 Å². The fourth-order valence-corrected chi connectivity index (χ4v) is 2.61. The van der Waals surface area contributed by atoms with Gasteiger partial charge in [0.25, 0.3) is 0 Å². The SMILES string of the molecule is COC(C#Cc1ccccc1)c1cc(C)ccc1C#Cc1ccccc1. The summed E-state index contributed by atoms with van der Waals surface area (Å²) >= 11 is 0. The molecule has 0 aromatic heterocycles. The maximum atomic E-state index is 5.66. The van der Waals surface area contributed by atoms with Crippen LogP contribution in [0.1, 0.15) is 33.9 Å². The molecule has 0 aliphatic carbocycles. The smallest absolute Gasteiger partial charge is 0.144 e. The lowest BCUT2D eigenvalue weighted by atomic mass is 9.99. The Morgan fingerprint density at radius 2 is 1.35 bits per heavy atom. The molecule has 1 unspecified atom stereocenters. The first kappa shape index (κ1) is 17.6. The van der Waals surface area contributed by atoms with Gasteiger partial charge in [-0.3, -0.25) is 0 Å². The van der Waals surface area contributed by atoms with Gasteiger partial charge in [0.1, 0.15) is 6.10 Å². The van der Waals surface area contributed by atoms with Crippen molar-refractivity contribution in [3.05, 3.63) is 107 Å². The van der Waals surface area contributed by atoms with Gasteiger partial charge in [-0.05, 0) is 37.3 Å². The summed E-state index contributed by atoms with van der Waals surface area (Å²) in [5, 5.41) is 0. The fourth-order valence-electron chi connectivity index (χ4n) is 2.61. The summed E-state index contributed by atoms with van der Waals surface area (Å²) in [6.07, 6.45) is -0.324. The molecular weight excluding hydrogens is 316 g/mol. The molecule has 0 saturated carbocycles. The number of hydrogen-bond donors (Lipinski definition) is 0. The Kier molecular flexibility index (Phi) is 5.89. The molecule has 0 bridgehead atoms. The molecule has 0 fully saturated rings. The molecule has 0 radical (unpaired) electrons. The fraction of sp³-hybridized carbons (Fsp3) is 0.120. The van der Waals surface area contributed by atoms with Crippen molar-refractivity contribution in [1.82, 2.24) is 0 Å². The van der Waals surface area contributed by atoms with Crippen molar-refractivity contribution in [3.63, 3.8) is 0 Å². The molecule has 1 atom stereocenters. The first-order valence-electron chi connectivity index (χ1n) is 8.53. The van der Waals surface area contributed by atoms with Crippen LogP contribution in [0.2, 0.25) is 0 Å². The lowest BCUT2D eigenvalue weighted by Crippen LogP contribution is -2.02. The molecule has 26 heavy (non-hydrogen) atoms. The molecular formula is C25H20O. The predicted molar refractivity (Wildman–Crippen MR) is 107 cm³/mol. The largest absolute Gasteiger partial charge is 0.364 e. The zero-order valence-electron chi connectivity index (χ0n) is 15.0. The Bertz CT molecular complexity index is 980. The first-order valence-corrected chi connectivity index (χ1v) is 8.53. The number of rotatable bonds is 2. The molecule has 0 spiro atoms. The Morgan fingerprint density at radius 1 is 0.731 bits per heavy atom. The van der Waals surface area contributed by atoms with E-state index in [1.54, 1.807) is 7.11 Å². The molecule has 1 nitrogen and oxygen atoms in total. The molecule has 126 valence electrons. The van der Waals surface area contributed by atoms with E-state index in [4.69, 9.17) is 4.74 Å². The standard InChI is InChI=1S/C25H20O/c1-20-13-16-23(17-14-21-9-5-3-6-10-21)24(19-20)25(26-2)18-15-22-11-7-4-8-12-22/h3-13,16,19,25H,1-2H3. The number of ether oxygens (including phenoxy) is 1. The summed E-state index contributed by atoms with van der Waals surface area (Å²) in [6.45, 7) is 2.06. The van der Waals surface area contributed by atoms with E-state index in [9.17, 15) is 0 Å². The van der Waals surface area contributed by atoms with Gasteiger partial charge >= 0.3 is 0 Å². The van der Waals surface area contributed by atoms with Crippen LogP contribution >= 0.6 is 0 Å². The predicted octanol–water partition coefficient (Wildman–Crippen LogP) is 5.13. The van der Waals surface area contributed by atoms with Gasteiger partial charge in [0.2, 0.25) is 0 Å². The van der Waals surface area contributed by atoms with Crippen LogP contribution in [-0.4, -0.2) is 7.11 Å². The summed E-state index contributed by atoms with van der Waals surface area (Å²) in [6, 6.07) is 26.1. The van der Waals surface area contributed by atoms with E-state index in [0.717, 1.165) is 27.8 Å². The van der Waals surface area contributed by atoms with E-state index in [2.05, 4.69) is 42.7 Å². The quantitative estimate of drug-likeness (QED) is 0.589. The highest BCUT2D eigenvalue weighted by Gasteiger charge is 2.11. The number of benzene rings is 3. The number of aryl methyl sites for hydroxylation is 1. The van der Waals surface area contributed by atoms with Crippen molar-refractivity contribution in [2.45, 2.75) is 13.0 Å². The van der Waals surface area contributed by atoms with Crippen molar-refractivity contribution < 1.29 is 4.74 Å². The number of hydrogen-bond acceptors (Lipinski definition) is 1. The van der Waals surface area contributed by atoms with Crippen LogP contribution in [-0.2, 0) is 4.74 Å². The Labute approximate surface area is 155 Å². The van der Waals surface area contributed by atoms with Gasteiger partial charge in [-0.1, -0.05) is 77.8 Å². The van der Waals surface area contributed by atoms with Crippen molar-refractivity contribution in [1.29, 1.82) is 0 Å². The minimum Gasteiger partial charge on any atom is -0.364 e. The first-order chi connectivity index (χ1) is 12.8. The zero-order valence-corrected chi connectivity index (χ0v) is 15.0. The molecule has 0 aliphatic rings. The molecule has 0 heterocycles. The Morgan fingerprint density at radius 3 is 1.96 bits per heavy atom. The summed E-state index contributed by atoms with van der Waals surface area (Å²) < 4.78 is 5.66. The third-order valence-corrected chi connectivity index (χ3v) is 3.96. The maximum Gasteiger partial charge on any atom is 0.144 e. The van der Waals surface area contributed by atoms with Crippen LogP contribution in [0, 0.1) is 30.6 Å². The van der Waals surface area contributed by atoms with E-state index in [1.807, 2.05) is 66.7 Å². The van der Waals surface area contributed by atoms with Crippen LogP contribution < -0.4 is 0 Å². The van der Waals surface area contributed by atoms with Crippen LogP contribution in [0.25, 0.3) is 0 Å². The van der Waals surface area contributed by atoms with Gasteiger partial charge in [0, 0.05) is 29.4 Å². The summed E-state index contributed by atoms with van der Waals surface area (Å²) in [4.78, 5) is 0. The topological polar surface area (TPSA) is 9.23 Å². The molecule has 3 aromatic rings. The van der Waals surface area contributed by atoms with Gasteiger partial charge in [-0.15, -0.1) is 0 Å². The molecule has 1 heteroatoms. The normalized spacial score (nSPS) is 10.8. The van der Waals surface area contributed by atoms with Gasteiger partial charge in [-0.25, -0.2) is 0 Å².